The molecule has 1 aliphatic rings. The highest BCUT2D eigenvalue weighted by atomic mass is 16.1. The third kappa shape index (κ3) is 4.69. The van der Waals surface area contributed by atoms with Crippen molar-refractivity contribution in [2.45, 2.75) is 58.4 Å². The molecule has 1 aromatic rings. The Morgan fingerprint density at radius 2 is 1.95 bits per heavy atom. The summed E-state index contributed by atoms with van der Waals surface area (Å²) in [6, 6.07) is 0.292. The van der Waals surface area contributed by atoms with Gasteiger partial charge in [0.1, 0.15) is 11.5 Å². The van der Waals surface area contributed by atoms with Crippen molar-refractivity contribution in [3.63, 3.8) is 0 Å². The molecule has 5 heteroatoms. The number of carbonyl (C=O) groups excluding carboxylic acids is 1. The predicted octanol–water partition coefficient (Wildman–Crippen LogP) is 3.00. The van der Waals surface area contributed by atoms with Gasteiger partial charge < -0.3 is 10.6 Å². The highest BCUT2D eigenvalue weighted by Crippen LogP contribution is 2.27. The van der Waals surface area contributed by atoms with E-state index in [1.54, 1.807) is 6.20 Å². The fourth-order valence-electron chi connectivity index (χ4n) is 2.98. The van der Waals surface area contributed by atoms with Gasteiger partial charge in [0.2, 0.25) is 0 Å². The number of nitrogens with one attached hydrogen (secondary N) is 2. The second-order valence-corrected chi connectivity index (χ2v) is 5.80. The second kappa shape index (κ2) is 7.96. The molecule has 0 radical (unpaired) electrons. The molecule has 2 rings (SSSR count). The van der Waals surface area contributed by atoms with Crippen LogP contribution in [0.15, 0.2) is 12.4 Å². The van der Waals surface area contributed by atoms with Gasteiger partial charge in [-0.2, -0.15) is 0 Å². The molecule has 1 aromatic heterocycles. The molecule has 1 fully saturated rings. The minimum atomic E-state index is -0.107. The third-order valence-corrected chi connectivity index (χ3v) is 4.12. The molecule has 5 nitrogen and oxygen atoms in total. The van der Waals surface area contributed by atoms with Crippen molar-refractivity contribution in [2.24, 2.45) is 5.92 Å². The molecule has 0 spiro atoms. The number of hydrogen-bond donors (Lipinski definition) is 2. The molecule has 0 saturated heterocycles. The number of amides is 1. The molecule has 1 saturated carbocycles. The third-order valence-electron chi connectivity index (χ3n) is 4.12. The monoisotopic (exact) mass is 290 g/mol. The molecule has 0 aromatic carbocycles. The molecule has 0 unspecified atom stereocenters. The van der Waals surface area contributed by atoms with Gasteiger partial charge in [-0.3, -0.25) is 4.79 Å². The normalized spacial score (nSPS) is 21.8. The van der Waals surface area contributed by atoms with Crippen LogP contribution in [0.3, 0.4) is 0 Å². The Hall–Kier alpha value is -1.65. The maximum atomic E-state index is 12.2. The lowest BCUT2D eigenvalue weighted by atomic mass is 9.83. The number of nitrogens with zero attached hydrogens (tertiary/aromatic N) is 2. The van der Waals surface area contributed by atoms with Gasteiger partial charge >= 0.3 is 0 Å². The second-order valence-electron chi connectivity index (χ2n) is 5.80. The summed E-state index contributed by atoms with van der Waals surface area (Å²) in [6.45, 7) is 5.03. The van der Waals surface area contributed by atoms with E-state index in [-0.39, 0.29) is 5.91 Å². The van der Waals surface area contributed by atoms with Gasteiger partial charge in [-0.15, -0.1) is 0 Å². The van der Waals surface area contributed by atoms with Crippen molar-refractivity contribution in [1.29, 1.82) is 0 Å². The molecule has 0 aliphatic heterocycles. The van der Waals surface area contributed by atoms with Crippen molar-refractivity contribution in [3.8, 4) is 0 Å². The summed E-state index contributed by atoms with van der Waals surface area (Å²) in [5.74, 6) is 1.45. The minimum absolute atomic E-state index is 0.107. The standard InChI is InChI=1S/C16H26N4O/c1-3-5-12-6-8-13(9-7-12)20-16(21)14-10-19-15(11-18-14)17-4-2/h10-13H,3-9H2,1-2H3,(H,17,19)(H,20,21). The molecule has 1 aliphatic carbocycles. The lowest BCUT2D eigenvalue weighted by molar-refractivity contribution is 0.0915. The maximum absolute atomic E-state index is 12.2. The van der Waals surface area contributed by atoms with E-state index in [9.17, 15) is 4.79 Å². The number of hydrogen-bond acceptors (Lipinski definition) is 4. The van der Waals surface area contributed by atoms with E-state index in [0.29, 0.717) is 17.6 Å². The molecular formula is C16H26N4O. The van der Waals surface area contributed by atoms with Gasteiger partial charge in [-0.1, -0.05) is 19.8 Å². The van der Waals surface area contributed by atoms with E-state index in [0.717, 1.165) is 25.3 Å². The van der Waals surface area contributed by atoms with Crippen LogP contribution in [0.4, 0.5) is 5.82 Å². The van der Waals surface area contributed by atoms with Gasteiger partial charge in [0.25, 0.3) is 5.91 Å². The first-order valence-corrected chi connectivity index (χ1v) is 8.09. The van der Waals surface area contributed by atoms with Crippen LogP contribution in [0, 0.1) is 5.92 Å². The Balaban J connectivity index is 1.81. The van der Waals surface area contributed by atoms with Crippen LogP contribution in [0.1, 0.15) is 62.9 Å². The first-order chi connectivity index (χ1) is 10.2. The molecule has 1 heterocycles. The van der Waals surface area contributed by atoms with Crippen LogP contribution in [0.25, 0.3) is 0 Å². The van der Waals surface area contributed by atoms with Crippen LogP contribution in [0.2, 0.25) is 0 Å². The summed E-state index contributed by atoms with van der Waals surface area (Å²) in [6.07, 6.45) is 10.3. The Kier molecular flexibility index (Phi) is 5.96. The summed E-state index contributed by atoms with van der Waals surface area (Å²) >= 11 is 0. The number of carbonyl (C=O) groups is 1. The lowest BCUT2D eigenvalue weighted by Gasteiger charge is -2.28. The summed E-state index contributed by atoms with van der Waals surface area (Å²) in [7, 11) is 0. The maximum Gasteiger partial charge on any atom is 0.271 e. The molecule has 2 N–H and O–H groups in total. The Morgan fingerprint density at radius 1 is 1.19 bits per heavy atom. The van der Waals surface area contributed by atoms with Crippen LogP contribution >= 0.6 is 0 Å². The fourth-order valence-corrected chi connectivity index (χ4v) is 2.98. The highest BCUT2D eigenvalue weighted by Gasteiger charge is 2.22. The van der Waals surface area contributed by atoms with E-state index >= 15 is 0 Å². The predicted molar refractivity (Wildman–Crippen MR) is 84.3 cm³/mol. The quantitative estimate of drug-likeness (QED) is 0.845. The van der Waals surface area contributed by atoms with E-state index in [4.69, 9.17) is 0 Å². The van der Waals surface area contributed by atoms with E-state index in [1.807, 2.05) is 6.92 Å². The fraction of sp³-hybridized carbons (Fsp3) is 0.688. The molecule has 0 atom stereocenters. The van der Waals surface area contributed by atoms with Gasteiger partial charge in [0, 0.05) is 12.6 Å². The first-order valence-electron chi connectivity index (χ1n) is 8.09. The van der Waals surface area contributed by atoms with Crippen LogP contribution < -0.4 is 10.6 Å². The Labute approximate surface area is 127 Å². The smallest absolute Gasteiger partial charge is 0.271 e. The van der Waals surface area contributed by atoms with Gasteiger partial charge in [0.15, 0.2) is 0 Å². The summed E-state index contributed by atoms with van der Waals surface area (Å²) in [5.41, 5.74) is 0.396. The highest BCUT2D eigenvalue weighted by molar-refractivity contribution is 5.92. The molecular weight excluding hydrogens is 264 g/mol. The minimum Gasteiger partial charge on any atom is -0.369 e. The van der Waals surface area contributed by atoms with Gasteiger partial charge in [0.05, 0.1) is 12.4 Å². The first kappa shape index (κ1) is 15.7. The molecule has 116 valence electrons. The number of aromatic nitrogens is 2. The zero-order valence-electron chi connectivity index (χ0n) is 13.1. The zero-order valence-corrected chi connectivity index (χ0v) is 13.1. The Morgan fingerprint density at radius 3 is 2.52 bits per heavy atom. The van der Waals surface area contributed by atoms with Crippen molar-refractivity contribution >= 4 is 11.7 Å². The van der Waals surface area contributed by atoms with Gasteiger partial charge in [-0.05, 0) is 38.5 Å². The number of anilines is 1. The molecule has 0 bridgehead atoms. The van der Waals surface area contributed by atoms with Crippen LogP contribution in [-0.4, -0.2) is 28.5 Å². The van der Waals surface area contributed by atoms with Crippen molar-refractivity contribution < 1.29 is 4.79 Å². The van der Waals surface area contributed by atoms with Crippen LogP contribution in [0.5, 0.6) is 0 Å². The summed E-state index contributed by atoms with van der Waals surface area (Å²) in [5, 5.41) is 6.15. The SMILES string of the molecule is CCCC1CCC(NC(=O)c2cnc(NCC)cn2)CC1. The zero-order chi connectivity index (χ0) is 15.1. The average molecular weight is 290 g/mol. The molecule has 1 amide bonds. The topological polar surface area (TPSA) is 66.9 Å². The van der Waals surface area contributed by atoms with Crippen molar-refractivity contribution in [2.75, 3.05) is 11.9 Å². The van der Waals surface area contributed by atoms with Crippen molar-refractivity contribution in [3.05, 3.63) is 18.1 Å². The van der Waals surface area contributed by atoms with E-state index in [2.05, 4.69) is 27.5 Å². The van der Waals surface area contributed by atoms with Gasteiger partial charge in [-0.25, -0.2) is 9.97 Å². The molecule has 21 heavy (non-hydrogen) atoms. The number of rotatable bonds is 6. The van der Waals surface area contributed by atoms with Crippen molar-refractivity contribution in [1.82, 2.24) is 15.3 Å². The summed E-state index contributed by atoms with van der Waals surface area (Å²) < 4.78 is 0. The van der Waals surface area contributed by atoms with Crippen LogP contribution in [-0.2, 0) is 0 Å². The summed E-state index contributed by atoms with van der Waals surface area (Å²) in [4.78, 5) is 20.5. The Bertz CT molecular complexity index is 438. The van der Waals surface area contributed by atoms with E-state index in [1.165, 1.54) is 31.9 Å². The van der Waals surface area contributed by atoms with E-state index < -0.39 is 0 Å². The lowest BCUT2D eigenvalue weighted by Crippen LogP contribution is -2.38. The largest absolute Gasteiger partial charge is 0.369 e. The average Bonchev–Trinajstić information content (AvgIpc) is 2.50.